The lowest BCUT2D eigenvalue weighted by Gasteiger charge is -2.12. The number of hydrogen-bond acceptors (Lipinski definition) is 3. The van der Waals surface area contributed by atoms with Crippen LogP contribution in [0.2, 0.25) is 0 Å². The highest BCUT2D eigenvalue weighted by Gasteiger charge is 2.12. The molecule has 0 aliphatic rings. The highest BCUT2D eigenvalue weighted by molar-refractivity contribution is 7.99. The third kappa shape index (κ3) is 5.11. The maximum absolute atomic E-state index is 12.1. The maximum atomic E-state index is 12.1. The third-order valence-corrected chi connectivity index (χ3v) is 4.55. The fourth-order valence-corrected chi connectivity index (χ4v) is 2.82. The number of rotatable bonds is 7. The number of nitrogens with one attached hydrogen (secondary N) is 1. The topological polar surface area (TPSA) is 38.3 Å². The second-order valence-electron chi connectivity index (χ2n) is 5.00. The van der Waals surface area contributed by atoms with Crippen molar-refractivity contribution in [3.63, 3.8) is 0 Å². The van der Waals surface area contributed by atoms with Crippen LogP contribution in [0.15, 0.2) is 54.6 Å². The molecular formula is C18H21NO2S. The van der Waals surface area contributed by atoms with Crippen molar-refractivity contribution in [2.24, 2.45) is 0 Å². The van der Waals surface area contributed by atoms with E-state index < -0.39 is 0 Å². The molecule has 2 aromatic carbocycles. The minimum absolute atomic E-state index is 0.0664. The smallest absolute Gasteiger partial charge is 0.233 e. The summed E-state index contributed by atoms with van der Waals surface area (Å²) in [7, 11) is 1.64. The maximum Gasteiger partial charge on any atom is 0.233 e. The van der Waals surface area contributed by atoms with Crippen molar-refractivity contribution in [2.45, 2.75) is 24.5 Å². The first-order valence-corrected chi connectivity index (χ1v) is 8.30. The van der Waals surface area contributed by atoms with Gasteiger partial charge in [0, 0.05) is 12.3 Å². The van der Waals surface area contributed by atoms with Crippen molar-refractivity contribution in [2.75, 3.05) is 7.11 Å². The van der Waals surface area contributed by atoms with Crippen molar-refractivity contribution < 1.29 is 9.53 Å². The van der Waals surface area contributed by atoms with E-state index in [2.05, 4.69) is 17.4 Å². The van der Waals surface area contributed by atoms with Crippen LogP contribution >= 0.6 is 11.8 Å². The summed E-state index contributed by atoms with van der Waals surface area (Å²) in [5, 5.41) is 2.90. The molecule has 0 spiro atoms. The number of hydrogen-bond donors (Lipinski definition) is 1. The van der Waals surface area contributed by atoms with Gasteiger partial charge < -0.3 is 10.1 Å². The van der Waals surface area contributed by atoms with E-state index in [9.17, 15) is 4.79 Å². The largest absolute Gasteiger partial charge is 0.497 e. The number of benzene rings is 2. The fraction of sp³-hybridized carbons (Fsp3) is 0.278. The quantitative estimate of drug-likeness (QED) is 0.848. The molecule has 22 heavy (non-hydrogen) atoms. The van der Waals surface area contributed by atoms with Gasteiger partial charge in [0.2, 0.25) is 5.91 Å². The van der Waals surface area contributed by atoms with Crippen LogP contribution in [0.4, 0.5) is 0 Å². The first-order valence-electron chi connectivity index (χ1n) is 7.25. The Bertz CT molecular complexity index is 584. The van der Waals surface area contributed by atoms with E-state index in [4.69, 9.17) is 4.74 Å². The zero-order chi connectivity index (χ0) is 15.8. The summed E-state index contributed by atoms with van der Waals surface area (Å²) in [5.41, 5.74) is 2.30. The highest BCUT2D eigenvalue weighted by Crippen LogP contribution is 2.18. The van der Waals surface area contributed by atoms with Gasteiger partial charge in [-0.05, 0) is 30.2 Å². The number of ether oxygens (including phenoxy) is 1. The molecule has 3 nitrogen and oxygen atoms in total. The molecular weight excluding hydrogens is 294 g/mol. The Kier molecular flexibility index (Phi) is 6.34. The van der Waals surface area contributed by atoms with Crippen molar-refractivity contribution in [1.29, 1.82) is 0 Å². The van der Waals surface area contributed by atoms with Gasteiger partial charge in [0.15, 0.2) is 0 Å². The van der Waals surface area contributed by atoms with Gasteiger partial charge in [-0.2, -0.15) is 0 Å². The summed E-state index contributed by atoms with van der Waals surface area (Å²) in [6.07, 6.45) is 0. The Hall–Kier alpha value is -1.94. The van der Waals surface area contributed by atoms with E-state index >= 15 is 0 Å². The van der Waals surface area contributed by atoms with Crippen molar-refractivity contribution in [3.05, 3.63) is 65.7 Å². The van der Waals surface area contributed by atoms with Gasteiger partial charge in [-0.3, -0.25) is 4.79 Å². The van der Waals surface area contributed by atoms with E-state index in [0.29, 0.717) is 6.54 Å². The van der Waals surface area contributed by atoms with E-state index in [-0.39, 0.29) is 11.2 Å². The minimum atomic E-state index is -0.0709. The number of carbonyl (C=O) groups is 1. The van der Waals surface area contributed by atoms with Gasteiger partial charge in [-0.15, -0.1) is 11.8 Å². The summed E-state index contributed by atoms with van der Waals surface area (Å²) >= 11 is 1.65. The minimum Gasteiger partial charge on any atom is -0.497 e. The van der Waals surface area contributed by atoms with Crippen molar-refractivity contribution in [3.8, 4) is 5.75 Å². The first-order chi connectivity index (χ1) is 10.7. The van der Waals surface area contributed by atoms with Crippen molar-refractivity contribution >= 4 is 17.7 Å². The van der Waals surface area contributed by atoms with Gasteiger partial charge >= 0.3 is 0 Å². The van der Waals surface area contributed by atoms with Crippen LogP contribution < -0.4 is 10.1 Å². The summed E-state index contributed by atoms with van der Waals surface area (Å²) < 4.78 is 5.12. The zero-order valence-corrected chi connectivity index (χ0v) is 13.7. The Morgan fingerprint density at radius 1 is 1.09 bits per heavy atom. The Balaban J connectivity index is 1.76. The molecule has 0 radical (unpaired) electrons. The molecule has 0 bridgehead atoms. The standard InChI is InChI=1S/C18H21NO2S/c1-14(22-13-16-6-4-3-5-7-16)18(20)19-12-15-8-10-17(21-2)11-9-15/h3-11,14H,12-13H2,1-2H3,(H,19,20)/t14-/m0/s1. The molecule has 0 aliphatic carbocycles. The fourth-order valence-electron chi connectivity index (χ4n) is 1.95. The molecule has 0 saturated heterocycles. The molecule has 4 heteroatoms. The summed E-state index contributed by atoms with van der Waals surface area (Å²) in [6, 6.07) is 17.9. The second-order valence-corrected chi connectivity index (χ2v) is 6.33. The van der Waals surface area contributed by atoms with Crippen LogP contribution in [0.5, 0.6) is 5.75 Å². The molecule has 2 aromatic rings. The predicted octanol–water partition coefficient (Wildman–Crippen LogP) is 3.63. The van der Waals surface area contributed by atoms with Gasteiger partial charge in [0.1, 0.15) is 5.75 Å². The lowest BCUT2D eigenvalue weighted by atomic mass is 10.2. The Labute approximate surface area is 136 Å². The number of thioether (sulfide) groups is 1. The Morgan fingerprint density at radius 2 is 1.77 bits per heavy atom. The molecule has 0 unspecified atom stereocenters. The van der Waals surface area contributed by atoms with Gasteiger partial charge in [-0.1, -0.05) is 42.5 Å². The van der Waals surface area contributed by atoms with Crippen LogP contribution in [0.25, 0.3) is 0 Å². The normalized spacial score (nSPS) is 11.7. The third-order valence-electron chi connectivity index (χ3n) is 3.34. The van der Waals surface area contributed by atoms with Gasteiger partial charge in [-0.25, -0.2) is 0 Å². The SMILES string of the molecule is COc1ccc(CNC(=O)[C@H](C)SCc2ccccc2)cc1. The molecule has 0 saturated carbocycles. The van der Waals surface area contributed by atoms with Crippen LogP contribution in [0.1, 0.15) is 18.1 Å². The van der Waals surface area contributed by atoms with Crippen LogP contribution in [-0.2, 0) is 17.1 Å². The molecule has 0 fully saturated rings. The molecule has 0 heterocycles. The predicted molar refractivity (Wildman–Crippen MR) is 92.0 cm³/mol. The number of carbonyl (C=O) groups excluding carboxylic acids is 1. The van der Waals surface area contributed by atoms with Crippen LogP contribution in [0.3, 0.4) is 0 Å². The summed E-state index contributed by atoms with van der Waals surface area (Å²) in [5.74, 6) is 1.73. The molecule has 2 rings (SSSR count). The average Bonchev–Trinajstić information content (AvgIpc) is 2.58. The first kappa shape index (κ1) is 16.4. The van der Waals surface area contributed by atoms with Crippen LogP contribution in [-0.4, -0.2) is 18.3 Å². The van der Waals surface area contributed by atoms with E-state index in [0.717, 1.165) is 17.1 Å². The van der Waals surface area contributed by atoms with E-state index in [1.54, 1.807) is 18.9 Å². The summed E-state index contributed by atoms with van der Waals surface area (Å²) in [6.45, 7) is 2.48. The summed E-state index contributed by atoms with van der Waals surface area (Å²) in [4.78, 5) is 12.1. The monoisotopic (exact) mass is 315 g/mol. The lowest BCUT2D eigenvalue weighted by molar-refractivity contribution is -0.120. The highest BCUT2D eigenvalue weighted by atomic mass is 32.2. The molecule has 0 aliphatic heterocycles. The average molecular weight is 315 g/mol. The molecule has 1 N–H and O–H groups in total. The number of methoxy groups -OCH3 is 1. The molecule has 1 amide bonds. The molecule has 0 aromatic heterocycles. The molecule has 116 valence electrons. The second kappa shape index (κ2) is 8.49. The molecule has 1 atom stereocenters. The lowest BCUT2D eigenvalue weighted by Crippen LogP contribution is -2.30. The zero-order valence-electron chi connectivity index (χ0n) is 12.9. The van der Waals surface area contributed by atoms with E-state index in [1.807, 2.05) is 49.4 Å². The Morgan fingerprint density at radius 3 is 2.41 bits per heavy atom. The van der Waals surface area contributed by atoms with Gasteiger partial charge in [0.25, 0.3) is 0 Å². The van der Waals surface area contributed by atoms with E-state index in [1.165, 1.54) is 5.56 Å². The number of amides is 1. The van der Waals surface area contributed by atoms with Crippen molar-refractivity contribution in [1.82, 2.24) is 5.32 Å². The van der Waals surface area contributed by atoms with Crippen LogP contribution in [0, 0.1) is 0 Å². The van der Waals surface area contributed by atoms with Gasteiger partial charge in [0.05, 0.1) is 12.4 Å².